The largest absolute Gasteiger partial charge is 0.327 e. The Hall–Kier alpha value is -0.630. The molecule has 1 atom stereocenters. The van der Waals surface area contributed by atoms with Crippen molar-refractivity contribution in [1.82, 2.24) is 0 Å². The number of rotatable bonds is 7. The summed E-state index contributed by atoms with van der Waals surface area (Å²) in [5.74, 6) is 0.268. The molecule has 0 radical (unpaired) electrons. The Balaban J connectivity index is 3.55. The summed E-state index contributed by atoms with van der Waals surface area (Å²) in [6.07, 6.45) is 3.93. The third-order valence-electron chi connectivity index (χ3n) is 1.98. The SMILES string of the molecule is C=C(C)CCC(=O)CC(N)CCC. The number of carbonyl (C=O) groups is 1. The number of nitrogens with two attached hydrogens (primary N) is 1. The van der Waals surface area contributed by atoms with Crippen molar-refractivity contribution in [1.29, 1.82) is 0 Å². The maximum Gasteiger partial charge on any atom is 0.134 e. The van der Waals surface area contributed by atoms with Crippen LogP contribution in [0.3, 0.4) is 0 Å². The minimum absolute atomic E-state index is 0.0580. The Morgan fingerprint density at radius 1 is 1.46 bits per heavy atom. The van der Waals surface area contributed by atoms with Crippen LogP contribution >= 0.6 is 0 Å². The number of hydrogen-bond acceptors (Lipinski definition) is 2. The van der Waals surface area contributed by atoms with Gasteiger partial charge in [0.1, 0.15) is 5.78 Å². The van der Waals surface area contributed by atoms with Gasteiger partial charge in [-0.15, -0.1) is 6.58 Å². The van der Waals surface area contributed by atoms with E-state index in [0.717, 1.165) is 24.8 Å². The maximum absolute atomic E-state index is 11.3. The van der Waals surface area contributed by atoms with E-state index in [0.29, 0.717) is 12.8 Å². The molecular weight excluding hydrogens is 162 g/mol. The van der Waals surface area contributed by atoms with Gasteiger partial charge >= 0.3 is 0 Å². The smallest absolute Gasteiger partial charge is 0.134 e. The lowest BCUT2D eigenvalue weighted by atomic mass is 10.0. The van der Waals surface area contributed by atoms with E-state index >= 15 is 0 Å². The van der Waals surface area contributed by atoms with Gasteiger partial charge in [0.05, 0.1) is 0 Å². The Morgan fingerprint density at radius 2 is 2.08 bits per heavy atom. The van der Waals surface area contributed by atoms with E-state index in [1.54, 1.807) is 0 Å². The molecular formula is C11H21NO. The van der Waals surface area contributed by atoms with Gasteiger partial charge in [-0.05, 0) is 19.8 Å². The molecule has 1 unspecified atom stereocenters. The molecule has 2 N–H and O–H groups in total. The molecule has 0 aromatic heterocycles. The first-order valence-electron chi connectivity index (χ1n) is 4.98. The molecule has 0 saturated carbocycles. The predicted molar refractivity (Wildman–Crippen MR) is 56.6 cm³/mol. The number of Topliss-reactive ketones (excluding diaryl/α,β-unsaturated/α-hetero) is 1. The molecule has 0 aromatic rings. The maximum atomic E-state index is 11.3. The van der Waals surface area contributed by atoms with Gasteiger partial charge in [0.25, 0.3) is 0 Å². The van der Waals surface area contributed by atoms with Crippen LogP contribution in [0.4, 0.5) is 0 Å². The minimum atomic E-state index is 0.0580. The van der Waals surface area contributed by atoms with Crippen molar-refractivity contribution >= 4 is 5.78 Å². The van der Waals surface area contributed by atoms with E-state index in [-0.39, 0.29) is 11.8 Å². The van der Waals surface area contributed by atoms with Gasteiger partial charge in [-0.2, -0.15) is 0 Å². The summed E-state index contributed by atoms with van der Waals surface area (Å²) in [5, 5.41) is 0. The van der Waals surface area contributed by atoms with Gasteiger partial charge in [0.15, 0.2) is 0 Å². The Kier molecular flexibility index (Phi) is 6.51. The van der Waals surface area contributed by atoms with Gasteiger partial charge in [0, 0.05) is 18.9 Å². The van der Waals surface area contributed by atoms with Crippen LogP contribution in [-0.4, -0.2) is 11.8 Å². The average molecular weight is 183 g/mol. The summed E-state index contributed by atoms with van der Waals surface area (Å²) >= 11 is 0. The van der Waals surface area contributed by atoms with Crippen LogP contribution in [0, 0.1) is 0 Å². The van der Waals surface area contributed by atoms with Crippen molar-refractivity contribution in [3.05, 3.63) is 12.2 Å². The number of ketones is 1. The zero-order valence-electron chi connectivity index (χ0n) is 8.81. The van der Waals surface area contributed by atoms with Crippen molar-refractivity contribution < 1.29 is 4.79 Å². The lowest BCUT2D eigenvalue weighted by Gasteiger charge is -2.08. The number of carbonyl (C=O) groups excluding carboxylic acids is 1. The van der Waals surface area contributed by atoms with E-state index in [4.69, 9.17) is 5.73 Å². The quantitative estimate of drug-likeness (QED) is 0.616. The topological polar surface area (TPSA) is 43.1 Å². The van der Waals surface area contributed by atoms with E-state index in [1.165, 1.54) is 0 Å². The second-order valence-electron chi connectivity index (χ2n) is 3.75. The lowest BCUT2D eigenvalue weighted by Crippen LogP contribution is -2.23. The fourth-order valence-corrected chi connectivity index (χ4v) is 1.22. The fourth-order valence-electron chi connectivity index (χ4n) is 1.22. The molecule has 0 saturated heterocycles. The standard InChI is InChI=1S/C11H21NO/c1-4-5-10(12)8-11(13)7-6-9(2)3/h10H,2,4-8,12H2,1,3H3. The van der Waals surface area contributed by atoms with Gasteiger partial charge in [-0.25, -0.2) is 0 Å². The van der Waals surface area contributed by atoms with E-state index in [1.807, 2.05) is 6.92 Å². The highest BCUT2D eigenvalue weighted by molar-refractivity contribution is 5.79. The summed E-state index contributed by atoms with van der Waals surface area (Å²) < 4.78 is 0. The Bertz CT molecular complexity index is 175. The van der Waals surface area contributed by atoms with Crippen LogP contribution in [0.5, 0.6) is 0 Å². The summed E-state index contributed by atoms with van der Waals surface area (Å²) in [7, 11) is 0. The lowest BCUT2D eigenvalue weighted by molar-refractivity contribution is -0.119. The number of allylic oxidation sites excluding steroid dienone is 1. The third kappa shape index (κ3) is 7.72. The number of hydrogen-bond donors (Lipinski definition) is 1. The molecule has 2 heteroatoms. The molecule has 0 rings (SSSR count). The summed E-state index contributed by atoms with van der Waals surface area (Å²) in [4.78, 5) is 11.3. The van der Waals surface area contributed by atoms with E-state index in [2.05, 4.69) is 13.5 Å². The first kappa shape index (κ1) is 12.4. The van der Waals surface area contributed by atoms with E-state index < -0.39 is 0 Å². The van der Waals surface area contributed by atoms with Crippen LogP contribution in [-0.2, 0) is 4.79 Å². The molecule has 0 fully saturated rings. The summed E-state index contributed by atoms with van der Waals surface area (Å²) in [5.41, 5.74) is 6.82. The van der Waals surface area contributed by atoms with Gasteiger partial charge < -0.3 is 5.73 Å². The highest BCUT2D eigenvalue weighted by Gasteiger charge is 2.08. The van der Waals surface area contributed by atoms with E-state index in [9.17, 15) is 4.79 Å². The van der Waals surface area contributed by atoms with Crippen molar-refractivity contribution in [3.63, 3.8) is 0 Å². The molecule has 13 heavy (non-hydrogen) atoms. The average Bonchev–Trinajstić information content (AvgIpc) is 2.01. The third-order valence-corrected chi connectivity index (χ3v) is 1.98. The second-order valence-corrected chi connectivity index (χ2v) is 3.75. The molecule has 0 aliphatic rings. The molecule has 0 spiro atoms. The van der Waals surface area contributed by atoms with Crippen molar-refractivity contribution in [2.45, 2.75) is 52.0 Å². The van der Waals surface area contributed by atoms with Gasteiger partial charge in [-0.1, -0.05) is 18.9 Å². The highest BCUT2D eigenvalue weighted by atomic mass is 16.1. The molecule has 2 nitrogen and oxygen atoms in total. The van der Waals surface area contributed by atoms with Crippen molar-refractivity contribution in [3.8, 4) is 0 Å². The summed E-state index contributed by atoms with van der Waals surface area (Å²) in [6.45, 7) is 7.78. The van der Waals surface area contributed by atoms with Crippen LogP contribution in [0.25, 0.3) is 0 Å². The molecule has 0 aliphatic heterocycles. The molecule has 0 amide bonds. The molecule has 0 bridgehead atoms. The summed E-state index contributed by atoms with van der Waals surface area (Å²) in [6, 6.07) is 0.0580. The van der Waals surface area contributed by atoms with Crippen LogP contribution in [0.15, 0.2) is 12.2 Å². The molecule has 0 aliphatic carbocycles. The Morgan fingerprint density at radius 3 is 2.54 bits per heavy atom. The molecule has 0 heterocycles. The van der Waals surface area contributed by atoms with Crippen molar-refractivity contribution in [2.24, 2.45) is 5.73 Å². The first-order chi connectivity index (χ1) is 6.06. The first-order valence-corrected chi connectivity index (χ1v) is 4.98. The van der Waals surface area contributed by atoms with Crippen LogP contribution < -0.4 is 5.73 Å². The van der Waals surface area contributed by atoms with Crippen LogP contribution in [0.1, 0.15) is 46.0 Å². The van der Waals surface area contributed by atoms with Crippen molar-refractivity contribution in [2.75, 3.05) is 0 Å². The normalized spacial score (nSPS) is 12.5. The zero-order valence-corrected chi connectivity index (χ0v) is 8.81. The molecule has 76 valence electrons. The van der Waals surface area contributed by atoms with Gasteiger partial charge in [-0.3, -0.25) is 4.79 Å². The highest BCUT2D eigenvalue weighted by Crippen LogP contribution is 2.06. The minimum Gasteiger partial charge on any atom is -0.327 e. The van der Waals surface area contributed by atoms with Gasteiger partial charge in [0.2, 0.25) is 0 Å². The zero-order chi connectivity index (χ0) is 10.3. The fraction of sp³-hybridized carbons (Fsp3) is 0.727. The van der Waals surface area contributed by atoms with Crippen LogP contribution in [0.2, 0.25) is 0 Å². The Labute approximate surface area is 81.2 Å². The second kappa shape index (κ2) is 6.84. The monoisotopic (exact) mass is 183 g/mol. The predicted octanol–water partition coefficient (Wildman–Crippen LogP) is 2.43. The molecule has 0 aromatic carbocycles.